The van der Waals surface area contributed by atoms with Crippen LogP contribution in [0.1, 0.15) is 37.2 Å². The van der Waals surface area contributed by atoms with Crippen LogP contribution in [0.4, 0.5) is 0 Å². The predicted molar refractivity (Wildman–Crippen MR) is 74.2 cm³/mol. The minimum Gasteiger partial charge on any atom is -0.335 e. The number of imidazole rings is 1. The van der Waals surface area contributed by atoms with E-state index in [1.165, 1.54) is 5.56 Å². The quantitative estimate of drug-likeness (QED) is 0.847. The van der Waals surface area contributed by atoms with Gasteiger partial charge in [-0.15, -0.1) is 0 Å². The molecule has 0 saturated carbocycles. The van der Waals surface area contributed by atoms with Crippen molar-refractivity contribution in [1.29, 1.82) is 0 Å². The molecule has 2 aromatic rings. The third-order valence-corrected chi connectivity index (χ3v) is 3.17. The first kappa shape index (κ1) is 12.8. The highest BCUT2D eigenvalue weighted by Crippen LogP contribution is 2.15. The highest BCUT2D eigenvalue weighted by molar-refractivity contribution is 5.18. The summed E-state index contributed by atoms with van der Waals surface area (Å²) >= 11 is 0. The van der Waals surface area contributed by atoms with Crippen molar-refractivity contribution in [2.24, 2.45) is 5.73 Å². The summed E-state index contributed by atoms with van der Waals surface area (Å²) in [6.45, 7) is 3.22. The van der Waals surface area contributed by atoms with Gasteiger partial charge in [-0.1, -0.05) is 37.3 Å². The van der Waals surface area contributed by atoms with Crippen LogP contribution in [0.5, 0.6) is 0 Å². The first-order valence-corrected chi connectivity index (χ1v) is 6.61. The molecule has 0 bridgehead atoms. The van der Waals surface area contributed by atoms with E-state index in [2.05, 4.69) is 28.6 Å². The molecule has 1 aromatic heterocycles. The van der Waals surface area contributed by atoms with Crippen molar-refractivity contribution < 1.29 is 0 Å². The van der Waals surface area contributed by atoms with E-state index < -0.39 is 0 Å². The summed E-state index contributed by atoms with van der Waals surface area (Å²) in [6, 6.07) is 10.4. The second-order valence-corrected chi connectivity index (χ2v) is 4.59. The van der Waals surface area contributed by atoms with E-state index >= 15 is 0 Å². The Kier molecular flexibility index (Phi) is 4.53. The normalized spacial score (nSPS) is 12.6. The Balaban J connectivity index is 1.93. The Morgan fingerprint density at radius 2 is 2.06 bits per heavy atom. The van der Waals surface area contributed by atoms with Crippen LogP contribution in [0.15, 0.2) is 42.7 Å². The summed E-state index contributed by atoms with van der Waals surface area (Å²) in [6.07, 6.45) is 6.92. The third-order valence-electron chi connectivity index (χ3n) is 3.17. The molecular formula is C15H21N3. The molecule has 0 aliphatic heterocycles. The van der Waals surface area contributed by atoms with Crippen LogP contribution < -0.4 is 5.73 Å². The number of nitrogens with two attached hydrogens (primary N) is 1. The van der Waals surface area contributed by atoms with Crippen molar-refractivity contribution in [3.63, 3.8) is 0 Å². The zero-order valence-electron chi connectivity index (χ0n) is 10.9. The minimum absolute atomic E-state index is 0.0953. The summed E-state index contributed by atoms with van der Waals surface area (Å²) in [4.78, 5) is 4.41. The van der Waals surface area contributed by atoms with E-state index in [0.717, 1.165) is 31.6 Å². The second kappa shape index (κ2) is 6.36. The van der Waals surface area contributed by atoms with Gasteiger partial charge in [0.2, 0.25) is 0 Å². The van der Waals surface area contributed by atoms with Crippen molar-refractivity contribution in [3.05, 3.63) is 54.1 Å². The van der Waals surface area contributed by atoms with Crippen molar-refractivity contribution in [2.75, 3.05) is 0 Å². The number of benzene rings is 1. The molecule has 0 aliphatic rings. The standard InChI is InChI=1S/C15H21N3/c1-2-11-18-12-10-17-15(18)9-8-14(16)13-6-4-3-5-7-13/h3-7,10,12,14H,2,8-9,11,16H2,1H3. The van der Waals surface area contributed by atoms with Crippen LogP contribution in [-0.4, -0.2) is 9.55 Å². The monoisotopic (exact) mass is 243 g/mol. The highest BCUT2D eigenvalue weighted by Gasteiger charge is 2.08. The summed E-state index contributed by atoms with van der Waals surface area (Å²) < 4.78 is 2.22. The smallest absolute Gasteiger partial charge is 0.108 e. The first-order valence-electron chi connectivity index (χ1n) is 6.61. The van der Waals surface area contributed by atoms with Gasteiger partial charge in [0, 0.05) is 31.4 Å². The minimum atomic E-state index is 0.0953. The second-order valence-electron chi connectivity index (χ2n) is 4.59. The van der Waals surface area contributed by atoms with Gasteiger partial charge in [0.1, 0.15) is 5.82 Å². The molecule has 1 unspecified atom stereocenters. The predicted octanol–water partition coefficient (Wildman–Crippen LogP) is 2.93. The van der Waals surface area contributed by atoms with Gasteiger partial charge in [0.05, 0.1) is 0 Å². The maximum Gasteiger partial charge on any atom is 0.108 e. The lowest BCUT2D eigenvalue weighted by Gasteiger charge is -2.12. The van der Waals surface area contributed by atoms with Crippen molar-refractivity contribution >= 4 is 0 Å². The lowest BCUT2D eigenvalue weighted by Crippen LogP contribution is -2.13. The van der Waals surface area contributed by atoms with Gasteiger partial charge >= 0.3 is 0 Å². The fourth-order valence-corrected chi connectivity index (χ4v) is 2.16. The number of aromatic nitrogens is 2. The Hall–Kier alpha value is -1.61. The molecule has 0 fully saturated rings. The molecule has 1 aromatic carbocycles. The molecule has 96 valence electrons. The van der Waals surface area contributed by atoms with Crippen molar-refractivity contribution in [1.82, 2.24) is 9.55 Å². The zero-order chi connectivity index (χ0) is 12.8. The molecule has 3 heteroatoms. The Labute approximate surface area is 109 Å². The average molecular weight is 243 g/mol. The van der Waals surface area contributed by atoms with Crippen LogP contribution in [-0.2, 0) is 13.0 Å². The number of hydrogen-bond donors (Lipinski definition) is 1. The van der Waals surface area contributed by atoms with E-state index in [1.807, 2.05) is 30.6 Å². The number of nitrogens with zero attached hydrogens (tertiary/aromatic N) is 2. The van der Waals surface area contributed by atoms with Crippen molar-refractivity contribution in [3.8, 4) is 0 Å². The largest absolute Gasteiger partial charge is 0.335 e. The van der Waals surface area contributed by atoms with Gasteiger partial charge in [-0.05, 0) is 18.4 Å². The maximum absolute atomic E-state index is 6.20. The molecule has 0 radical (unpaired) electrons. The molecule has 1 atom stereocenters. The number of rotatable bonds is 6. The lowest BCUT2D eigenvalue weighted by molar-refractivity contribution is 0.586. The summed E-state index contributed by atoms with van der Waals surface area (Å²) in [5, 5.41) is 0. The Morgan fingerprint density at radius 1 is 1.28 bits per heavy atom. The van der Waals surface area contributed by atoms with E-state index in [4.69, 9.17) is 5.73 Å². The highest BCUT2D eigenvalue weighted by atomic mass is 15.1. The van der Waals surface area contributed by atoms with Crippen LogP contribution >= 0.6 is 0 Å². The molecular weight excluding hydrogens is 222 g/mol. The van der Waals surface area contributed by atoms with Gasteiger partial charge in [-0.25, -0.2) is 4.98 Å². The average Bonchev–Trinajstić information content (AvgIpc) is 2.85. The van der Waals surface area contributed by atoms with E-state index in [9.17, 15) is 0 Å². The molecule has 2 N–H and O–H groups in total. The SMILES string of the molecule is CCCn1ccnc1CCC(N)c1ccccc1. The van der Waals surface area contributed by atoms with Gasteiger partial charge in [0.15, 0.2) is 0 Å². The zero-order valence-corrected chi connectivity index (χ0v) is 10.9. The van der Waals surface area contributed by atoms with Gasteiger partial charge in [0.25, 0.3) is 0 Å². The molecule has 0 amide bonds. The third kappa shape index (κ3) is 3.20. The van der Waals surface area contributed by atoms with Crippen molar-refractivity contribution in [2.45, 2.75) is 38.8 Å². The topological polar surface area (TPSA) is 43.8 Å². The summed E-state index contributed by atoms with van der Waals surface area (Å²) in [7, 11) is 0. The first-order chi connectivity index (χ1) is 8.81. The van der Waals surface area contributed by atoms with E-state index in [-0.39, 0.29) is 6.04 Å². The fourth-order valence-electron chi connectivity index (χ4n) is 2.16. The molecule has 18 heavy (non-hydrogen) atoms. The maximum atomic E-state index is 6.20. The molecule has 1 heterocycles. The summed E-state index contributed by atoms with van der Waals surface area (Å²) in [5.41, 5.74) is 7.40. The Morgan fingerprint density at radius 3 is 2.78 bits per heavy atom. The van der Waals surface area contributed by atoms with E-state index in [1.54, 1.807) is 0 Å². The lowest BCUT2D eigenvalue weighted by atomic mass is 10.0. The Bertz CT molecular complexity index is 462. The van der Waals surface area contributed by atoms with Crippen LogP contribution in [0.3, 0.4) is 0 Å². The van der Waals surface area contributed by atoms with Gasteiger partial charge in [-0.3, -0.25) is 0 Å². The molecule has 0 saturated heterocycles. The molecule has 3 nitrogen and oxygen atoms in total. The molecule has 2 rings (SSSR count). The van der Waals surface area contributed by atoms with Crippen LogP contribution in [0, 0.1) is 0 Å². The van der Waals surface area contributed by atoms with Crippen LogP contribution in [0.25, 0.3) is 0 Å². The molecule has 0 aliphatic carbocycles. The summed E-state index contributed by atoms with van der Waals surface area (Å²) in [5.74, 6) is 1.14. The van der Waals surface area contributed by atoms with Gasteiger partial charge < -0.3 is 10.3 Å². The fraction of sp³-hybridized carbons (Fsp3) is 0.400. The number of hydrogen-bond acceptors (Lipinski definition) is 2. The van der Waals surface area contributed by atoms with E-state index in [0.29, 0.717) is 0 Å². The molecule has 0 spiro atoms. The van der Waals surface area contributed by atoms with Gasteiger partial charge in [-0.2, -0.15) is 0 Å². The number of aryl methyl sites for hydroxylation is 2. The van der Waals surface area contributed by atoms with Crippen LogP contribution in [0.2, 0.25) is 0 Å².